The average Bonchev–Trinajstić information content (AvgIpc) is 3.09. The number of Topliss-reactive ketones (excluding diaryl/α,β-unsaturated/α-hetero) is 1. The summed E-state index contributed by atoms with van der Waals surface area (Å²) in [6.07, 6.45) is 0. The molecule has 0 fully saturated rings. The van der Waals surface area contributed by atoms with Gasteiger partial charge < -0.3 is 9.15 Å². The summed E-state index contributed by atoms with van der Waals surface area (Å²) in [5, 5.41) is 8.27. The Morgan fingerprint density at radius 2 is 1.92 bits per heavy atom. The number of aromatic nitrogens is 2. The maximum Gasteiger partial charge on any atom is 0.277 e. The Morgan fingerprint density at radius 1 is 1.12 bits per heavy atom. The number of ether oxygens (including phenoxy) is 1. The molecule has 0 radical (unpaired) electrons. The molecule has 0 aliphatic heterocycles. The van der Waals surface area contributed by atoms with E-state index in [0.717, 1.165) is 16.9 Å². The number of hydrogen-bond donors (Lipinski definition) is 0. The van der Waals surface area contributed by atoms with Gasteiger partial charge >= 0.3 is 0 Å². The quantitative estimate of drug-likeness (QED) is 0.467. The van der Waals surface area contributed by atoms with Crippen LogP contribution in [0.2, 0.25) is 0 Å². The molecule has 0 unspecified atom stereocenters. The summed E-state index contributed by atoms with van der Waals surface area (Å²) in [7, 11) is 0. The van der Waals surface area contributed by atoms with E-state index < -0.39 is 0 Å². The Kier molecular flexibility index (Phi) is 5.50. The number of rotatable bonds is 7. The van der Waals surface area contributed by atoms with E-state index in [2.05, 4.69) is 10.2 Å². The van der Waals surface area contributed by atoms with E-state index in [9.17, 15) is 4.79 Å². The van der Waals surface area contributed by atoms with E-state index >= 15 is 0 Å². The Balaban J connectivity index is 1.54. The topological polar surface area (TPSA) is 65.2 Å². The largest absolute Gasteiger partial charge is 0.484 e. The highest BCUT2D eigenvalue weighted by Gasteiger charge is 2.12. The smallest absolute Gasteiger partial charge is 0.277 e. The first-order valence-electron chi connectivity index (χ1n) is 7.85. The fourth-order valence-electron chi connectivity index (χ4n) is 2.19. The highest BCUT2D eigenvalue weighted by atomic mass is 32.2. The molecule has 0 aliphatic rings. The van der Waals surface area contributed by atoms with Crippen LogP contribution in [0.1, 0.15) is 27.4 Å². The molecule has 3 rings (SSSR count). The summed E-state index contributed by atoms with van der Waals surface area (Å²) in [4.78, 5) is 12.1. The highest BCUT2D eigenvalue weighted by Crippen LogP contribution is 2.22. The molecule has 0 saturated heterocycles. The molecule has 2 aromatic carbocycles. The van der Waals surface area contributed by atoms with E-state index in [1.807, 2.05) is 50.2 Å². The summed E-state index contributed by atoms with van der Waals surface area (Å²) in [6.45, 7) is 4.20. The van der Waals surface area contributed by atoms with Crippen LogP contribution in [0.25, 0.3) is 0 Å². The van der Waals surface area contributed by atoms with Crippen LogP contribution in [-0.2, 0) is 6.61 Å². The standard InChI is InChI=1S/C19H18N2O3S/c1-13-8-9-14(2)17(10-13)23-11-18-20-21-19(24-18)25-12-16(22)15-6-4-3-5-7-15/h3-10H,11-12H2,1-2H3. The number of aryl methyl sites for hydroxylation is 2. The van der Waals surface area contributed by atoms with Crippen LogP contribution in [0.15, 0.2) is 58.2 Å². The molecule has 25 heavy (non-hydrogen) atoms. The molecule has 1 aromatic heterocycles. The lowest BCUT2D eigenvalue weighted by molar-refractivity contribution is 0.102. The number of hydrogen-bond acceptors (Lipinski definition) is 6. The first-order chi connectivity index (χ1) is 12.1. The van der Waals surface area contributed by atoms with Crippen LogP contribution in [0, 0.1) is 13.8 Å². The first kappa shape index (κ1) is 17.2. The zero-order valence-corrected chi connectivity index (χ0v) is 14.9. The lowest BCUT2D eigenvalue weighted by Gasteiger charge is -2.07. The lowest BCUT2D eigenvalue weighted by atomic mass is 10.1. The van der Waals surface area contributed by atoms with Gasteiger partial charge in [-0.1, -0.05) is 54.2 Å². The summed E-state index contributed by atoms with van der Waals surface area (Å²) < 4.78 is 11.3. The number of benzene rings is 2. The summed E-state index contributed by atoms with van der Waals surface area (Å²) in [6, 6.07) is 15.2. The first-order valence-corrected chi connectivity index (χ1v) is 8.84. The predicted molar refractivity (Wildman–Crippen MR) is 96.0 cm³/mol. The molecule has 5 nitrogen and oxygen atoms in total. The summed E-state index contributed by atoms with van der Waals surface area (Å²) in [5.74, 6) is 1.46. The third-order valence-electron chi connectivity index (χ3n) is 3.57. The molecule has 3 aromatic rings. The normalized spacial score (nSPS) is 10.6. The third-order valence-corrected chi connectivity index (χ3v) is 4.38. The highest BCUT2D eigenvalue weighted by molar-refractivity contribution is 7.99. The van der Waals surface area contributed by atoms with Crippen molar-refractivity contribution >= 4 is 17.5 Å². The van der Waals surface area contributed by atoms with Gasteiger partial charge in [0.15, 0.2) is 12.4 Å². The fraction of sp³-hybridized carbons (Fsp3) is 0.211. The molecule has 0 N–H and O–H groups in total. The van der Waals surface area contributed by atoms with Crippen molar-refractivity contribution in [2.24, 2.45) is 0 Å². The average molecular weight is 354 g/mol. The van der Waals surface area contributed by atoms with Crippen molar-refractivity contribution in [3.8, 4) is 5.75 Å². The Morgan fingerprint density at radius 3 is 2.72 bits per heavy atom. The molecule has 1 heterocycles. The fourth-order valence-corrected chi connectivity index (χ4v) is 2.87. The number of nitrogens with zero attached hydrogens (tertiary/aromatic N) is 2. The molecule has 0 saturated carbocycles. The van der Waals surface area contributed by atoms with E-state index in [4.69, 9.17) is 9.15 Å². The van der Waals surface area contributed by atoms with Crippen LogP contribution < -0.4 is 4.74 Å². The van der Waals surface area contributed by atoms with E-state index in [0.29, 0.717) is 16.7 Å². The van der Waals surface area contributed by atoms with Crippen LogP contribution >= 0.6 is 11.8 Å². The van der Waals surface area contributed by atoms with Gasteiger partial charge in [-0.05, 0) is 31.0 Å². The van der Waals surface area contributed by atoms with Gasteiger partial charge in [0.05, 0.1) is 5.75 Å². The number of carbonyl (C=O) groups is 1. The van der Waals surface area contributed by atoms with Gasteiger partial charge in [0.25, 0.3) is 11.1 Å². The maximum absolute atomic E-state index is 12.1. The van der Waals surface area contributed by atoms with Crippen molar-refractivity contribution in [1.82, 2.24) is 10.2 Å². The molecule has 0 spiro atoms. The van der Waals surface area contributed by atoms with Crippen LogP contribution in [0.5, 0.6) is 5.75 Å². The van der Waals surface area contributed by atoms with Crippen molar-refractivity contribution in [3.63, 3.8) is 0 Å². The minimum atomic E-state index is 0.0250. The van der Waals surface area contributed by atoms with Gasteiger partial charge in [0, 0.05) is 5.56 Å². The van der Waals surface area contributed by atoms with Gasteiger partial charge in [-0.15, -0.1) is 10.2 Å². The van der Waals surface area contributed by atoms with Crippen LogP contribution in [0.4, 0.5) is 0 Å². The molecule has 128 valence electrons. The molecule has 6 heteroatoms. The maximum atomic E-state index is 12.1. The van der Waals surface area contributed by atoms with E-state index in [-0.39, 0.29) is 18.1 Å². The minimum Gasteiger partial charge on any atom is -0.484 e. The van der Waals surface area contributed by atoms with Gasteiger partial charge in [0.2, 0.25) is 0 Å². The minimum absolute atomic E-state index is 0.0250. The molecule has 0 atom stereocenters. The Labute approximate surface area is 150 Å². The number of ketones is 1. The van der Waals surface area contributed by atoms with Crippen molar-refractivity contribution in [3.05, 3.63) is 71.1 Å². The van der Waals surface area contributed by atoms with Crippen molar-refractivity contribution in [2.75, 3.05) is 5.75 Å². The third kappa shape index (κ3) is 4.70. The number of carbonyl (C=O) groups excluding carboxylic acids is 1. The lowest BCUT2D eigenvalue weighted by Crippen LogP contribution is -2.01. The molecule has 0 aliphatic carbocycles. The zero-order chi connectivity index (χ0) is 17.6. The van der Waals surface area contributed by atoms with Gasteiger partial charge in [-0.25, -0.2) is 0 Å². The SMILES string of the molecule is Cc1ccc(C)c(OCc2nnc(SCC(=O)c3ccccc3)o2)c1. The Hall–Kier alpha value is -2.60. The van der Waals surface area contributed by atoms with Crippen LogP contribution in [-0.4, -0.2) is 21.7 Å². The molecular formula is C19H18N2O3S. The van der Waals surface area contributed by atoms with Crippen molar-refractivity contribution in [1.29, 1.82) is 0 Å². The second-order valence-corrected chi connectivity index (χ2v) is 6.52. The van der Waals surface area contributed by atoms with E-state index in [1.165, 1.54) is 11.8 Å². The zero-order valence-electron chi connectivity index (χ0n) is 14.1. The monoisotopic (exact) mass is 354 g/mol. The van der Waals surface area contributed by atoms with Crippen LogP contribution in [0.3, 0.4) is 0 Å². The van der Waals surface area contributed by atoms with Crippen molar-refractivity contribution in [2.45, 2.75) is 25.7 Å². The predicted octanol–water partition coefficient (Wildman–Crippen LogP) is 4.24. The van der Waals surface area contributed by atoms with Gasteiger partial charge in [0.1, 0.15) is 5.75 Å². The second-order valence-electron chi connectivity index (χ2n) is 5.60. The molecule has 0 bridgehead atoms. The molecule has 0 amide bonds. The van der Waals surface area contributed by atoms with Gasteiger partial charge in [-0.3, -0.25) is 4.79 Å². The second kappa shape index (κ2) is 7.98. The number of thioether (sulfide) groups is 1. The van der Waals surface area contributed by atoms with Gasteiger partial charge in [-0.2, -0.15) is 0 Å². The Bertz CT molecular complexity index is 862. The van der Waals surface area contributed by atoms with E-state index in [1.54, 1.807) is 12.1 Å². The summed E-state index contributed by atoms with van der Waals surface area (Å²) in [5.41, 5.74) is 2.85. The summed E-state index contributed by atoms with van der Waals surface area (Å²) >= 11 is 1.23. The molecular weight excluding hydrogens is 336 g/mol. The van der Waals surface area contributed by atoms with Crippen molar-refractivity contribution < 1.29 is 13.9 Å².